The monoisotopic (exact) mass is 367 g/mol. The first kappa shape index (κ1) is 16.7. The third-order valence-electron chi connectivity index (χ3n) is 4.51. The number of carbonyl (C=O) groups excluding carboxylic acids is 1. The summed E-state index contributed by atoms with van der Waals surface area (Å²) in [5.41, 5.74) is 4.08. The molecule has 0 spiro atoms. The molecule has 0 amide bonds. The molecule has 3 aromatic rings. The van der Waals surface area contributed by atoms with E-state index in [4.69, 9.17) is 16.3 Å². The van der Waals surface area contributed by atoms with Crippen LogP contribution in [0.15, 0.2) is 59.8 Å². The summed E-state index contributed by atoms with van der Waals surface area (Å²) in [4.78, 5) is 17.4. The highest BCUT2D eigenvalue weighted by atomic mass is 35.5. The van der Waals surface area contributed by atoms with Crippen molar-refractivity contribution < 1.29 is 9.53 Å². The van der Waals surface area contributed by atoms with Crippen molar-refractivity contribution in [3.8, 4) is 0 Å². The average molecular weight is 368 g/mol. The van der Waals surface area contributed by atoms with Crippen molar-refractivity contribution in [2.24, 2.45) is 0 Å². The molecule has 4 rings (SSSR count). The third kappa shape index (κ3) is 2.65. The van der Waals surface area contributed by atoms with E-state index in [1.165, 1.54) is 0 Å². The quantitative estimate of drug-likeness (QED) is 0.690. The predicted octanol–water partition coefficient (Wildman–Crippen LogP) is 4.54. The van der Waals surface area contributed by atoms with Crippen LogP contribution >= 0.6 is 11.6 Å². The normalized spacial score (nSPS) is 16.3. The number of imidazole rings is 1. The van der Waals surface area contributed by atoms with Gasteiger partial charge in [-0.3, -0.25) is 4.57 Å². The van der Waals surface area contributed by atoms with Crippen LogP contribution < -0.4 is 5.32 Å². The number of ether oxygens (including phenoxy) is 1. The van der Waals surface area contributed by atoms with E-state index in [1.54, 1.807) is 6.92 Å². The summed E-state index contributed by atoms with van der Waals surface area (Å²) in [5, 5.41) is 3.90. The highest BCUT2D eigenvalue weighted by Gasteiger charge is 2.34. The Morgan fingerprint density at radius 2 is 1.96 bits per heavy atom. The molecule has 132 valence electrons. The number of benzene rings is 2. The molecule has 2 heterocycles. The van der Waals surface area contributed by atoms with Gasteiger partial charge in [0.15, 0.2) is 0 Å². The van der Waals surface area contributed by atoms with Gasteiger partial charge in [-0.05, 0) is 43.7 Å². The zero-order valence-corrected chi connectivity index (χ0v) is 15.2. The Morgan fingerprint density at radius 3 is 2.69 bits per heavy atom. The van der Waals surface area contributed by atoms with Crippen molar-refractivity contribution in [3.63, 3.8) is 0 Å². The van der Waals surface area contributed by atoms with Gasteiger partial charge in [0.25, 0.3) is 0 Å². The number of halogens is 1. The molecule has 2 aromatic carbocycles. The zero-order valence-electron chi connectivity index (χ0n) is 14.5. The second-order valence-electron chi connectivity index (χ2n) is 6.13. The SMILES string of the molecule is CCOC(=O)C1=C(C)Nc2nc3ccccc3n2[C@@H]1c1ccc(Cl)cc1. The highest BCUT2D eigenvalue weighted by molar-refractivity contribution is 6.30. The number of rotatable bonds is 3. The second-order valence-corrected chi connectivity index (χ2v) is 6.57. The lowest BCUT2D eigenvalue weighted by molar-refractivity contribution is -0.139. The van der Waals surface area contributed by atoms with Crippen molar-refractivity contribution in [2.75, 3.05) is 11.9 Å². The molecule has 0 bridgehead atoms. The van der Waals surface area contributed by atoms with Crippen LogP contribution in [0.1, 0.15) is 25.5 Å². The number of esters is 1. The molecule has 26 heavy (non-hydrogen) atoms. The molecule has 1 aliphatic heterocycles. The lowest BCUT2D eigenvalue weighted by Crippen LogP contribution is -2.28. The summed E-state index contributed by atoms with van der Waals surface area (Å²) < 4.78 is 7.37. The van der Waals surface area contributed by atoms with E-state index in [1.807, 2.05) is 60.0 Å². The summed E-state index contributed by atoms with van der Waals surface area (Å²) in [5.74, 6) is 0.373. The number of allylic oxidation sites excluding steroid dienone is 1. The first-order valence-electron chi connectivity index (χ1n) is 8.47. The van der Waals surface area contributed by atoms with Crippen LogP contribution in [0.25, 0.3) is 11.0 Å². The molecular weight excluding hydrogens is 350 g/mol. The maximum absolute atomic E-state index is 12.7. The Balaban J connectivity index is 1.97. The molecule has 0 saturated carbocycles. The number of para-hydroxylation sites is 2. The number of aromatic nitrogens is 2. The minimum Gasteiger partial charge on any atom is -0.463 e. The van der Waals surface area contributed by atoms with Crippen LogP contribution in [0, 0.1) is 0 Å². The molecule has 1 aromatic heterocycles. The largest absolute Gasteiger partial charge is 0.463 e. The summed E-state index contributed by atoms with van der Waals surface area (Å²) >= 11 is 6.07. The maximum atomic E-state index is 12.7. The second kappa shape index (κ2) is 6.50. The van der Waals surface area contributed by atoms with Crippen LogP contribution in [0.3, 0.4) is 0 Å². The topological polar surface area (TPSA) is 56.1 Å². The van der Waals surface area contributed by atoms with Gasteiger partial charge in [-0.15, -0.1) is 0 Å². The first-order chi connectivity index (χ1) is 12.6. The van der Waals surface area contributed by atoms with Gasteiger partial charge in [0.1, 0.15) is 0 Å². The fraction of sp³-hybridized carbons (Fsp3) is 0.200. The van der Waals surface area contributed by atoms with Crippen LogP contribution in [0.2, 0.25) is 5.02 Å². The Kier molecular flexibility index (Phi) is 4.17. The minimum absolute atomic E-state index is 0.320. The number of hydrogen-bond donors (Lipinski definition) is 1. The van der Waals surface area contributed by atoms with Crippen molar-refractivity contribution in [2.45, 2.75) is 19.9 Å². The minimum atomic E-state index is -0.338. The van der Waals surface area contributed by atoms with Crippen molar-refractivity contribution in [1.82, 2.24) is 9.55 Å². The van der Waals surface area contributed by atoms with Crippen molar-refractivity contribution in [3.05, 3.63) is 70.4 Å². The van der Waals surface area contributed by atoms with Crippen LogP contribution in [0.4, 0.5) is 5.95 Å². The Morgan fingerprint density at radius 1 is 1.23 bits per heavy atom. The Labute approximate surface area is 156 Å². The van der Waals surface area contributed by atoms with E-state index in [0.717, 1.165) is 22.3 Å². The Bertz CT molecular complexity index is 1020. The van der Waals surface area contributed by atoms with E-state index in [2.05, 4.69) is 10.3 Å². The van der Waals surface area contributed by atoms with Gasteiger partial charge >= 0.3 is 5.97 Å². The molecule has 0 aliphatic carbocycles. The number of anilines is 1. The van der Waals surface area contributed by atoms with Gasteiger partial charge in [-0.25, -0.2) is 9.78 Å². The van der Waals surface area contributed by atoms with Crippen LogP contribution in [-0.2, 0) is 9.53 Å². The molecule has 1 N–H and O–H groups in total. The highest BCUT2D eigenvalue weighted by Crippen LogP contribution is 2.39. The Hall–Kier alpha value is -2.79. The van der Waals surface area contributed by atoms with E-state index in [9.17, 15) is 4.79 Å². The number of nitrogens with one attached hydrogen (secondary N) is 1. The number of hydrogen-bond acceptors (Lipinski definition) is 4. The number of carbonyl (C=O) groups is 1. The van der Waals surface area contributed by atoms with E-state index < -0.39 is 0 Å². The summed E-state index contributed by atoms with van der Waals surface area (Å²) in [6, 6.07) is 15.1. The lowest BCUT2D eigenvalue weighted by atomic mass is 9.95. The smallest absolute Gasteiger partial charge is 0.338 e. The molecule has 0 unspecified atom stereocenters. The molecule has 1 atom stereocenters. The number of nitrogens with zero attached hydrogens (tertiary/aromatic N) is 2. The third-order valence-corrected chi connectivity index (χ3v) is 4.76. The molecular formula is C20H18ClN3O2. The number of fused-ring (bicyclic) bond motifs is 3. The molecule has 0 fully saturated rings. The van der Waals surface area contributed by atoms with Crippen molar-refractivity contribution in [1.29, 1.82) is 0 Å². The lowest BCUT2D eigenvalue weighted by Gasteiger charge is -2.30. The van der Waals surface area contributed by atoms with Gasteiger partial charge in [-0.1, -0.05) is 35.9 Å². The van der Waals surface area contributed by atoms with Gasteiger partial charge < -0.3 is 10.1 Å². The first-order valence-corrected chi connectivity index (χ1v) is 8.85. The molecule has 5 nitrogen and oxygen atoms in total. The molecule has 6 heteroatoms. The van der Waals surface area contributed by atoms with Gasteiger partial charge in [-0.2, -0.15) is 0 Å². The van der Waals surface area contributed by atoms with Crippen LogP contribution in [0.5, 0.6) is 0 Å². The summed E-state index contributed by atoms with van der Waals surface area (Å²) in [6.07, 6.45) is 0. The van der Waals surface area contributed by atoms with Gasteiger partial charge in [0.2, 0.25) is 5.95 Å². The predicted molar refractivity (Wildman–Crippen MR) is 102 cm³/mol. The van der Waals surface area contributed by atoms with E-state index >= 15 is 0 Å². The summed E-state index contributed by atoms with van der Waals surface area (Å²) in [6.45, 7) is 4.00. The fourth-order valence-corrected chi connectivity index (χ4v) is 3.52. The molecule has 0 saturated heterocycles. The van der Waals surface area contributed by atoms with Gasteiger partial charge in [0.05, 0.1) is 29.3 Å². The maximum Gasteiger partial charge on any atom is 0.338 e. The fourth-order valence-electron chi connectivity index (χ4n) is 3.40. The van der Waals surface area contributed by atoms with Crippen LogP contribution in [-0.4, -0.2) is 22.1 Å². The summed E-state index contributed by atoms with van der Waals surface area (Å²) in [7, 11) is 0. The van der Waals surface area contributed by atoms with Crippen molar-refractivity contribution >= 4 is 34.6 Å². The average Bonchev–Trinajstić information content (AvgIpc) is 2.99. The van der Waals surface area contributed by atoms with E-state index in [0.29, 0.717) is 23.2 Å². The zero-order chi connectivity index (χ0) is 18.3. The standard InChI is InChI=1S/C20H18ClN3O2/c1-3-26-19(25)17-12(2)22-20-23-15-6-4-5-7-16(15)24(20)18(17)13-8-10-14(21)11-9-13/h4-11,18H,3H2,1-2H3,(H,22,23)/t18-/m1/s1. The molecule has 1 aliphatic rings. The van der Waals surface area contributed by atoms with Gasteiger partial charge in [0, 0.05) is 10.7 Å². The molecule has 0 radical (unpaired) electrons. The van der Waals surface area contributed by atoms with E-state index in [-0.39, 0.29) is 12.0 Å².